The summed E-state index contributed by atoms with van der Waals surface area (Å²) in [4.78, 5) is 10.9. The molecule has 0 bridgehead atoms. The highest BCUT2D eigenvalue weighted by atomic mass is 16.5. The van der Waals surface area contributed by atoms with E-state index in [-0.39, 0.29) is 12.4 Å². The minimum Gasteiger partial charge on any atom is -0.486 e. The Labute approximate surface area is 114 Å². The van der Waals surface area contributed by atoms with Crippen LogP contribution in [-0.4, -0.2) is 12.4 Å². The molecule has 0 atom stereocenters. The predicted octanol–water partition coefficient (Wildman–Crippen LogP) is 3.88. The topological polar surface area (TPSA) is 26.3 Å². The first-order valence-electron chi connectivity index (χ1n) is 6.50. The Balaban J connectivity index is 2.15. The number of hydrogen-bond acceptors (Lipinski definition) is 2. The molecular weight excluding hydrogens is 236 g/mol. The summed E-state index contributed by atoms with van der Waals surface area (Å²) < 4.78 is 5.35. The first kappa shape index (κ1) is 13.3. The Morgan fingerprint density at radius 3 is 2.42 bits per heavy atom. The molecule has 0 spiro atoms. The molecule has 98 valence electrons. The van der Waals surface area contributed by atoms with Gasteiger partial charge in [0.15, 0.2) is 5.78 Å². The third kappa shape index (κ3) is 3.68. The van der Waals surface area contributed by atoms with E-state index in [2.05, 4.69) is 31.2 Å². The highest BCUT2D eigenvalue weighted by Gasteiger charge is 2.01. The highest BCUT2D eigenvalue weighted by Crippen LogP contribution is 2.23. The van der Waals surface area contributed by atoms with Crippen molar-refractivity contribution in [3.05, 3.63) is 54.1 Å². The van der Waals surface area contributed by atoms with Crippen molar-refractivity contribution in [1.29, 1.82) is 0 Å². The van der Waals surface area contributed by atoms with Crippen molar-refractivity contribution in [2.24, 2.45) is 0 Å². The van der Waals surface area contributed by atoms with Gasteiger partial charge in [0.2, 0.25) is 0 Å². The van der Waals surface area contributed by atoms with E-state index < -0.39 is 0 Å². The van der Waals surface area contributed by atoms with Gasteiger partial charge in [0.25, 0.3) is 0 Å². The molecule has 19 heavy (non-hydrogen) atoms. The van der Waals surface area contributed by atoms with E-state index in [1.807, 2.05) is 24.3 Å². The molecule has 0 unspecified atom stereocenters. The van der Waals surface area contributed by atoms with Gasteiger partial charge in [0, 0.05) is 0 Å². The number of rotatable bonds is 5. The van der Waals surface area contributed by atoms with Crippen LogP contribution in [0, 0.1) is 0 Å². The van der Waals surface area contributed by atoms with Gasteiger partial charge < -0.3 is 4.74 Å². The van der Waals surface area contributed by atoms with Gasteiger partial charge in [0.1, 0.15) is 12.4 Å². The third-order valence-corrected chi connectivity index (χ3v) is 2.96. The lowest BCUT2D eigenvalue weighted by atomic mass is 10.0. The van der Waals surface area contributed by atoms with E-state index in [1.54, 1.807) is 0 Å². The lowest BCUT2D eigenvalue weighted by molar-refractivity contribution is -0.118. The van der Waals surface area contributed by atoms with Crippen molar-refractivity contribution < 1.29 is 9.53 Å². The summed E-state index contributed by atoms with van der Waals surface area (Å²) in [5.41, 5.74) is 3.69. The molecule has 2 aromatic carbocycles. The second kappa shape index (κ2) is 6.19. The fraction of sp³-hybridized carbons (Fsp3) is 0.235. The van der Waals surface area contributed by atoms with Crippen molar-refractivity contribution in [3.8, 4) is 16.9 Å². The Bertz CT molecular complexity index is 556. The molecule has 2 nitrogen and oxygen atoms in total. The lowest BCUT2D eigenvalue weighted by Gasteiger charge is -2.07. The summed E-state index contributed by atoms with van der Waals surface area (Å²) >= 11 is 0. The number of carbonyl (C=O) groups is 1. The molecular formula is C17H18O2. The molecule has 0 N–H and O–H groups in total. The number of Topliss-reactive ketones (excluding diaryl/α,β-unsaturated/α-hetero) is 1. The summed E-state index contributed by atoms with van der Waals surface area (Å²) in [5, 5.41) is 0. The Kier molecular flexibility index (Phi) is 4.35. The van der Waals surface area contributed by atoms with Gasteiger partial charge in [-0.05, 0) is 42.2 Å². The zero-order valence-corrected chi connectivity index (χ0v) is 11.3. The first-order valence-corrected chi connectivity index (χ1v) is 6.50. The Morgan fingerprint density at radius 1 is 1.05 bits per heavy atom. The van der Waals surface area contributed by atoms with Gasteiger partial charge in [-0.1, -0.05) is 43.3 Å². The minimum absolute atomic E-state index is 0.0275. The van der Waals surface area contributed by atoms with Crippen LogP contribution in [0.1, 0.15) is 19.4 Å². The predicted molar refractivity (Wildman–Crippen MR) is 77.4 cm³/mol. The molecule has 2 rings (SSSR count). The first-order chi connectivity index (χ1) is 9.19. The number of hydrogen-bond donors (Lipinski definition) is 0. The summed E-state index contributed by atoms with van der Waals surface area (Å²) in [6.45, 7) is 3.80. The van der Waals surface area contributed by atoms with Crippen molar-refractivity contribution in [2.75, 3.05) is 6.61 Å². The lowest BCUT2D eigenvalue weighted by Crippen LogP contribution is -2.06. The minimum atomic E-state index is 0.0275. The van der Waals surface area contributed by atoms with Gasteiger partial charge in [-0.15, -0.1) is 0 Å². The summed E-state index contributed by atoms with van der Waals surface area (Å²) in [7, 11) is 0. The second-order valence-corrected chi connectivity index (χ2v) is 4.57. The van der Waals surface area contributed by atoms with Crippen LogP contribution in [0.3, 0.4) is 0 Å². The Morgan fingerprint density at radius 2 is 1.79 bits per heavy atom. The zero-order chi connectivity index (χ0) is 13.7. The van der Waals surface area contributed by atoms with E-state index in [0.29, 0.717) is 0 Å². The molecule has 0 aliphatic carbocycles. The molecule has 0 fully saturated rings. The molecule has 0 saturated carbocycles. The van der Waals surface area contributed by atoms with Crippen LogP contribution >= 0.6 is 0 Å². The maximum Gasteiger partial charge on any atom is 0.167 e. The second-order valence-electron chi connectivity index (χ2n) is 4.57. The SMILES string of the molecule is CCc1cccc(-c2ccc(OCC(C)=O)cc2)c1. The number of carbonyl (C=O) groups excluding carboxylic acids is 1. The van der Waals surface area contributed by atoms with E-state index >= 15 is 0 Å². The van der Waals surface area contributed by atoms with Crippen LogP contribution < -0.4 is 4.74 Å². The number of ketones is 1. The molecule has 0 amide bonds. The number of aryl methyl sites for hydroxylation is 1. The van der Waals surface area contributed by atoms with Crippen LogP contribution in [0.4, 0.5) is 0 Å². The smallest absolute Gasteiger partial charge is 0.167 e. The molecule has 0 aliphatic heterocycles. The summed E-state index contributed by atoms with van der Waals surface area (Å²) in [5.74, 6) is 0.755. The van der Waals surface area contributed by atoms with Crippen molar-refractivity contribution >= 4 is 5.78 Å². The van der Waals surface area contributed by atoms with Crippen molar-refractivity contribution in [3.63, 3.8) is 0 Å². The molecule has 0 radical (unpaired) electrons. The quantitative estimate of drug-likeness (QED) is 0.809. The molecule has 0 saturated heterocycles. The van der Waals surface area contributed by atoms with E-state index in [1.165, 1.54) is 18.1 Å². The van der Waals surface area contributed by atoms with Crippen LogP contribution in [0.2, 0.25) is 0 Å². The maximum atomic E-state index is 10.9. The van der Waals surface area contributed by atoms with Gasteiger partial charge >= 0.3 is 0 Å². The van der Waals surface area contributed by atoms with Crippen molar-refractivity contribution in [2.45, 2.75) is 20.3 Å². The highest BCUT2D eigenvalue weighted by molar-refractivity contribution is 5.77. The molecule has 0 aromatic heterocycles. The largest absolute Gasteiger partial charge is 0.486 e. The van der Waals surface area contributed by atoms with Gasteiger partial charge in [-0.2, -0.15) is 0 Å². The average Bonchev–Trinajstić information content (AvgIpc) is 2.45. The third-order valence-electron chi connectivity index (χ3n) is 2.96. The molecule has 0 aliphatic rings. The fourth-order valence-corrected chi connectivity index (χ4v) is 1.90. The van der Waals surface area contributed by atoms with E-state index in [4.69, 9.17) is 4.74 Å². The monoisotopic (exact) mass is 254 g/mol. The van der Waals surface area contributed by atoms with Crippen LogP contribution in [0.25, 0.3) is 11.1 Å². The number of benzene rings is 2. The molecule has 2 aromatic rings. The normalized spacial score (nSPS) is 10.2. The van der Waals surface area contributed by atoms with Gasteiger partial charge in [-0.3, -0.25) is 4.79 Å². The number of ether oxygens (including phenoxy) is 1. The van der Waals surface area contributed by atoms with Crippen LogP contribution in [-0.2, 0) is 11.2 Å². The zero-order valence-electron chi connectivity index (χ0n) is 11.3. The standard InChI is InChI=1S/C17H18O2/c1-3-14-5-4-6-16(11-14)15-7-9-17(10-8-15)19-12-13(2)18/h4-11H,3,12H2,1-2H3. The van der Waals surface area contributed by atoms with Crippen molar-refractivity contribution in [1.82, 2.24) is 0 Å². The average molecular weight is 254 g/mol. The van der Waals surface area contributed by atoms with Crippen LogP contribution in [0.15, 0.2) is 48.5 Å². The van der Waals surface area contributed by atoms with Gasteiger partial charge in [-0.25, -0.2) is 0 Å². The van der Waals surface area contributed by atoms with E-state index in [0.717, 1.165) is 17.7 Å². The summed E-state index contributed by atoms with van der Waals surface area (Å²) in [6, 6.07) is 16.3. The Hall–Kier alpha value is -2.09. The summed E-state index contributed by atoms with van der Waals surface area (Å²) in [6.07, 6.45) is 1.04. The van der Waals surface area contributed by atoms with Crippen LogP contribution in [0.5, 0.6) is 5.75 Å². The maximum absolute atomic E-state index is 10.9. The van der Waals surface area contributed by atoms with Gasteiger partial charge in [0.05, 0.1) is 0 Å². The van der Waals surface area contributed by atoms with E-state index in [9.17, 15) is 4.79 Å². The fourth-order valence-electron chi connectivity index (χ4n) is 1.90. The molecule has 2 heteroatoms. The molecule has 0 heterocycles.